The fourth-order valence-electron chi connectivity index (χ4n) is 2.16. The lowest BCUT2D eigenvalue weighted by Gasteiger charge is -2.01. The zero-order valence-corrected chi connectivity index (χ0v) is 11.1. The topological polar surface area (TPSA) is 0 Å². The maximum absolute atomic E-state index is 3.62. The van der Waals surface area contributed by atoms with Crippen molar-refractivity contribution < 1.29 is 0 Å². The van der Waals surface area contributed by atoms with Gasteiger partial charge in [0.15, 0.2) is 0 Å². The normalized spacial score (nSPS) is 12.4. The summed E-state index contributed by atoms with van der Waals surface area (Å²) in [5, 5.41) is 0. The Kier molecular flexibility index (Phi) is 2.22. The van der Waals surface area contributed by atoms with Gasteiger partial charge in [-0.2, -0.15) is 0 Å². The number of benzene rings is 2. The van der Waals surface area contributed by atoms with E-state index in [1.54, 1.807) is 0 Å². The van der Waals surface area contributed by atoms with Crippen LogP contribution in [0.15, 0.2) is 45.3 Å². The Balaban J connectivity index is 2.33. The zero-order valence-electron chi connectivity index (χ0n) is 7.93. The predicted molar refractivity (Wildman–Crippen MR) is 70.1 cm³/mol. The highest BCUT2D eigenvalue weighted by Gasteiger charge is 2.21. The van der Waals surface area contributed by atoms with E-state index in [0.717, 1.165) is 6.42 Å². The van der Waals surface area contributed by atoms with Crippen molar-refractivity contribution in [3.63, 3.8) is 0 Å². The van der Waals surface area contributed by atoms with Crippen LogP contribution in [0.3, 0.4) is 0 Å². The van der Waals surface area contributed by atoms with Gasteiger partial charge in [0.1, 0.15) is 0 Å². The van der Waals surface area contributed by atoms with E-state index in [-0.39, 0.29) is 0 Å². The maximum atomic E-state index is 3.62. The molecular weight excluding hydrogens is 316 g/mol. The van der Waals surface area contributed by atoms with Gasteiger partial charge in [0.2, 0.25) is 0 Å². The smallest absolute Gasteiger partial charge is 0.0216 e. The minimum Gasteiger partial charge on any atom is -0.0605 e. The molecule has 0 heterocycles. The maximum Gasteiger partial charge on any atom is 0.0216 e. The van der Waals surface area contributed by atoms with Gasteiger partial charge in [-0.05, 0) is 34.4 Å². The van der Waals surface area contributed by atoms with Crippen LogP contribution in [0.5, 0.6) is 0 Å². The number of halogens is 2. The summed E-state index contributed by atoms with van der Waals surface area (Å²) in [6.45, 7) is 0. The molecule has 0 aromatic heterocycles. The summed E-state index contributed by atoms with van der Waals surface area (Å²) in [7, 11) is 0. The fourth-order valence-corrected chi connectivity index (χ4v) is 3.17. The lowest BCUT2D eigenvalue weighted by molar-refractivity contribution is 1.23. The van der Waals surface area contributed by atoms with Crippen molar-refractivity contribution in [1.29, 1.82) is 0 Å². The highest BCUT2D eigenvalue weighted by atomic mass is 79.9. The van der Waals surface area contributed by atoms with Crippen molar-refractivity contribution in [2.75, 3.05) is 0 Å². The molecule has 74 valence electrons. The number of hydrogen-bond donors (Lipinski definition) is 0. The first-order chi connectivity index (χ1) is 7.27. The molecule has 0 N–H and O–H groups in total. The van der Waals surface area contributed by atoms with Crippen LogP contribution in [0.1, 0.15) is 11.1 Å². The van der Waals surface area contributed by atoms with Gasteiger partial charge in [-0.15, -0.1) is 0 Å². The number of hydrogen-bond acceptors (Lipinski definition) is 0. The van der Waals surface area contributed by atoms with E-state index in [0.29, 0.717) is 0 Å². The lowest BCUT2D eigenvalue weighted by atomic mass is 10.1. The van der Waals surface area contributed by atoms with Crippen molar-refractivity contribution in [2.45, 2.75) is 6.42 Å². The minimum atomic E-state index is 1.02. The molecule has 0 saturated carbocycles. The molecule has 3 rings (SSSR count). The second kappa shape index (κ2) is 3.46. The van der Waals surface area contributed by atoms with Crippen molar-refractivity contribution in [2.24, 2.45) is 0 Å². The molecule has 1 aliphatic rings. The van der Waals surface area contributed by atoms with Crippen LogP contribution < -0.4 is 0 Å². The average Bonchev–Trinajstić information content (AvgIpc) is 2.60. The van der Waals surface area contributed by atoms with Gasteiger partial charge in [0, 0.05) is 15.4 Å². The Morgan fingerprint density at radius 3 is 1.67 bits per heavy atom. The van der Waals surface area contributed by atoms with Crippen LogP contribution in [0, 0.1) is 0 Å². The summed E-state index contributed by atoms with van der Waals surface area (Å²) in [5.74, 6) is 0. The van der Waals surface area contributed by atoms with Gasteiger partial charge in [-0.3, -0.25) is 0 Å². The highest BCUT2D eigenvalue weighted by Crippen LogP contribution is 2.42. The molecule has 0 radical (unpaired) electrons. The van der Waals surface area contributed by atoms with Gasteiger partial charge in [-0.1, -0.05) is 56.1 Å². The Hall–Kier alpha value is -0.600. The Bertz CT molecular complexity index is 495. The van der Waals surface area contributed by atoms with Crippen LogP contribution in [0.25, 0.3) is 11.1 Å². The van der Waals surface area contributed by atoms with Crippen molar-refractivity contribution in [3.8, 4) is 11.1 Å². The summed E-state index contributed by atoms with van der Waals surface area (Å²) < 4.78 is 2.42. The second-order valence-corrected chi connectivity index (χ2v) is 5.42. The molecule has 0 bridgehead atoms. The van der Waals surface area contributed by atoms with Gasteiger partial charge in [0.25, 0.3) is 0 Å². The quantitative estimate of drug-likeness (QED) is 0.558. The largest absolute Gasteiger partial charge is 0.0605 e. The standard InChI is InChI=1S/C13H8Br2/c14-12-5-1-3-8-9-4-2-6-13(15)11(9)7-10(8)12/h1-6H,7H2. The predicted octanol–water partition coefficient (Wildman–Crippen LogP) is 4.78. The fraction of sp³-hybridized carbons (Fsp3) is 0.0769. The van der Waals surface area contributed by atoms with E-state index in [1.807, 2.05) is 0 Å². The Morgan fingerprint density at radius 2 is 1.20 bits per heavy atom. The summed E-state index contributed by atoms with van der Waals surface area (Å²) >= 11 is 7.23. The van der Waals surface area contributed by atoms with Crippen LogP contribution in [-0.4, -0.2) is 0 Å². The first kappa shape index (κ1) is 9.61. The van der Waals surface area contributed by atoms with Gasteiger partial charge >= 0.3 is 0 Å². The summed E-state index contributed by atoms with van der Waals surface area (Å²) in [6.07, 6.45) is 1.02. The van der Waals surface area contributed by atoms with Gasteiger partial charge in [-0.25, -0.2) is 0 Å². The van der Waals surface area contributed by atoms with Crippen molar-refractivity contribution in [1.82, 2.24) is 0 Å². The summed E-state index contributed by atoms with van der Waals surface area (Å²) in [4.78, 5) is 0. The molecular formula is C13H8Br2. The molecule has 0 spiro atoms. The summed E-state index contributed by atoms with van der Waals surface area (Å²) in [5.41, 5.74) is 5.53. The first-order valence-electron chi connectivity index (χ1n) is 4.82. The van der Waals surface area contributed by atoms with E-state index in [4.69, 9.17) is 0 Å². The van der Waals surface area contributed by atoms with Crippen LogP contribution in [-0.2, 0) is 6.42 Å². The Morgan fingerprint density at radius 1 is 0.733 bits per heavy atom. The highest BCUT2D eigenvalue weighted by molar-refractivity contribution is 9.10. The molecule has 2 aromatic rings. The van der Waals surface area contributed by atoms with E-state index < -0.39 is 0 Å². The first-order valence-corrected chi connectivity index (χ1v) is 6.41. The van der Waals surface area contributed by atoms with Gasteiger partial charge in [0.05, 0.1) is 0 Å². The molecule has 15 heavy (non-hydrogen) atoms. The molecule has 0 nitrogen and oxygen atoms in total. The third kappa shape index (κ3) is 1.39. The monoisotopic (exact) mass is 322 g/mol. The molecule has 2 aromatic carbocycles. The average molecular weight is 324 g/mol. The molecule has 0 amide bonds. The van der Waals surface area contributed by atoms with E-state index in [2.05, 4.69) is 68.3 Å². The lowest BCUT2D eigenvalue weighted by Crippen LogP contribution is -1.82. The van der Waals surface area contributed by atoms with Crippen LogP contribution in [0.2, 0.25) is 0 Å². The van der Waals surface area contributed by atoms with E-state index in [9.17, 15) is 0 Å². The molecule has 0 atom stereocenters. The molecule has 0 unspecified atom stereocenters. The third-order valence-corrected chi connectivity index (χ3v) is 4.37. The number of fused-ring (bicyclic) bond motifs is 3. The van der Waals surface area contributed by atoms with E-state index >= 15 is 0 Å². The molecule has 1 aliphatic carbocycles. The summed E-state index contributed by atoms with van der Waals surface area (Å²) in [6, 6.07) is 12.8. The Labute approximate surface area is 106 Å². The molecule has 2 heteroatoms. The third-order valence-electron chi connectivity index (χ3n) is 2.88. The molecule has 0 saturated heterocycles. The molecule has 0 aliphatic heterocycles. The SMILES string of the molecule is Brc1cccc2c1Cc1c(Br)cccc1-2. The number of rotatable bonds is 0. The van der Waals surface area contributed by atoms with Crippen molar-refractivity contribution >= 4 is 31.9 Å². The van der Waals surface area contributed by atoms with E-state index in [1.165, 1.54) is 31.2 Å². The second-order valence-electron chi connectivity index (χ2n) is 3.71. The van der Waals surface area contributed by atoms with Crippen LogP contribution in [0.4, 0.5) is 0 Å². The molecule has 0 fully saturated rings. The van der Waals surface area contributed by atoms with Crippen LogP contribution >= 0.6 is 31.9 Å². The van der Waals surface area contributed by atoms with Crippen molar-refractivity contribution in [3.05, 3.63) is 56.5 Å². The minimum absolute atomic E-state index is 1.02. The van der Waals surface area contributed by atoms with Gasteiger partial charge < -0.3 is 0 Å². The zero-order chi connectivity index (χ0) is 10.4.